The van der Waals surface area contributed by atoms with Crippen molar-refractivity contribution in [3.8, 4) is 0 Å². The van der Waals surface area contributed by atoms with Gasteiger partial charge in [0.05, 0.1) is 0 Å². The zero-order valence-corrected chi connectivity index (χ0v) is 9.79. The molecule has 13 heavy (non-hydrogen) atoms. The zero-order valence-electron chi connectivity index (χ0n) is 9.03. The molecule has 0 heterocycles. The highest BCUT2D eigenvalue weighted by Gasteiger charge is 2.10. The first-order valence-electron chi connectivity index (χ1n) is 4.71. The Bertz CT molecular complexity index is 324. The summed E-state index contributed by atoms with van der Waals surface area (Å²) in [5.74, 6) is 0.553. The Balaban J connectivity index is 3.41. The SMILES string of the molecule is Cc1c(Cl)cc(C(C)C)c(C)c1C. The third-order valence-electron chi connectivity index (χ3n) is 2.82. The van der Waals surface area contributed by atoms with Crippen LogP contribution in [0.25, 0.3) is 0 Å². The maximum atomic E-state index is 6.14. The summed E-state index contributed by atoms with van der Waals surface area (Å²) >= 11 is 6.14. The van der Waals surface area contributed by atoms with Crippen LogP contribution in [0.15, 0.2) is 6.07 Å². The highest BCUT2D eigenvalue weighted by Crippen LogP contribution is 2.29. The van der Waals surface area contributed by atoms with Gasteiger partial charge in [0.15, 0.2) is 0 Å². The molecule has 0 fully saturated rings. The van der Waals surface area contributed by atoms with Gasteiger partial charge in [0, 0.05) is 5.02 Å². The Kier molecular flexibility index (Phi) is 3.02. The van der Waals surface area contributed by atoms with Gasteiger partial charge in [-0.25, -0.2) is 0 Å². The summed E-state index contributed by atoms with van der Waals surface area (Å²) in [6.07, 6.45) is 0. The lowest BCUT2D eigenvalue weighted by Gasteiger charge is -2.15. The number of benzene rings is 1. The largest absolute Gasteiger partial charge is 0.0840 e. The fraction of sp³-hybridized carbons (Fsp3) is 0.500. The van der Waals surface area contributed by atoms with E-state index in [9.17, 15) is 0 Å². The fourth-order valence-electron chi connectivity index (χ4n) is 1.63. The zero-order chi connectivity index (χ0) is 10.2. The number of rotatable bonds is 1. The van der Waals surface area contributed by atoms with Crippen LogP contribution in [0.2, 0.25) is 5.02 Å². The van der Waals surface area contributed by atoms with E-state index in [0.29, 0.717) is 5.92 Å². The van der Waals surface area contributed by atoms with Gasteiger partial charge < -0.3 is 0 Å². The second kappa shape index (κ2) is 3.71. The van der Waals surface area contributed by atoms with E-state index in [1.54, 1.807) is 0 Å². The second-order valence-electron chi connectivity index (χ2n) is 3.98. The van der Waals surface area contributed by atoms with Gasteiger partial charge in [-0.1, -0.05) is 25.4 Å². The van der Waals surface area contributed by atoms with Crippen LogP contribution in [0.5, 0.6) is 0 Å². The molecule has 0 spiro atoms. The van der Waals surface area contributed by atoms with Crippen molar-refractivity contribution in [2.75, 3.05) is 0 Å². The summed E-state index contributed by atoms with van der Waals surface area (Å²) < 4.78 is 0. The van der Waals surface area contributed by atoms with Gasteiger partial charge in [-0.15, -0.1) is 0 Å². The van der Waals surface area contributed by atoms with Crippen LogP contribution >= 0.6 is 11.6 Å². The van der Waals surface area contributed by atoms with Crippen molar-refractivity contribution < 1.29 is 0 Å². The molecular formula is C12H17Cl. The van der Waals surface area contributed by atoms with Crippen LogP contribution < -0.4 is 0 Å². The number of hydrogen-bond donors (Lipinski definition) is 0. The molecule has 0 aliphatic rings. The van der Waals surface area contributed by atoms with Crippen molar-refractivity contribution in [1.82, 2.24) is 0 Å². The molecule has 1 rings (SSSR count). The van der Waals surface area contributed by atoms with Crippen LogP contribution in [0.1, 0.15) is 42.0 Å². The molecule has 0 atom stereocenters. The molecule has 0 amide bonds. The minimum Gasteiger partial charge on any atom is -0.0840 e. The van der Waals surface area contributed by atoms with E-state index in [1.807, 2.05) is 0 Å². The molecule has 0 saturated heterocycles. The standard InChI is InChI=1S/C12H17Cl/c1-7(2)11-6-12(13)10(5)8(3)9(11)4/h6-7H,1-5H3. The monoisotopic (exact) mass is 196 g/mol. The van der Waals surface area contributed by atoms with Gasteiger partial charge in [0.1, 0.15) is 0 Å². The minimum absolute atomic E-state index is 0.553. The third kappa shape index (κ3) is 1.88. The van der Waals surface area contributed by atoms with Gasteiger partial charge in [-0.05, 0) is 55.0 Å². The van der Waals surface area contributed by atoms with Gasteiger partial charge in [-0.3, -0.25) is 0 Å². The highest BCUT2D eigenvalue weighted by atomic mass is 35.5. The Hall–Kier alpha value is -0.490. The van der Waals surface area contributed by atoms with Gasteiger partial charge in [0.25, 0.3) is 0 Å². The molecular weight excluding hydrogens is 180 g/mol. The number of hydrogen-bond acceptors (Lipinski definition) is 0. The molecule has 0 aliphatic carbocycles. The van der Waals surface area contributed by atoms with Crippen LogP contribution in [-0.2, 0) is 0 Å². The van der Waals surface area contributed by atoms with Crippen LogP contribution in [0, 0.1) is 20.8 Å². The quantitative estimate of drug-likeness (QED) is 0.625. The predicted molar refractivity (Wildman–Crippen MR) is 59.8 cm³/mol. The number of halogens is 1. The molecule has 0 saturated carbocycles. The first kappa shape index (κ1) is 10.6. The first-order valence-corrected chi connectivity index (χ1v) is 5.09. The molecule has 0 nitrogen and oxygen atoms in total. The predicted octanol–water partition coefficient (Wildman–Crippen LogP) is 4.39. The first-order chi connectivity index (χ1) is 5.95. The Morgan fingerprint density at radius 3 is 2.00 bits per heavy atom. The van der Waals surface area contributed by atoms with E-state index in [4.69, 9.17) is 11.6 Å². The van der Waals surface area contributed by atoms with Crippen molar-refractivity contribution in [2.24, 2.45) is 0 Å². The van der Waals surface area contributed by atoms with Gasteiger partial charge in [0.2, 0.25) is 0 Å². The Morgan fingerprint density at radius 2 is 1.54 bits per heavy atom. The molecule has 0 aromatic heterocycles. The molecule has 1 aromatic rings. The molecule has 1 aromatic carbocycles. The van der Waals surface area contributed by atoms with Gasteiger partial charge >= 0.3 is 0 Å². The fourth-order valence-corrected chi connectivity index (χ4v) is 1.89. The van der Waals surface area contributed by atoms with Crippen LogP contribution in [0.4, 0.5) is 0 Å². The second-order valence-corrected chi connectivity index (χ2v) is 4.38. The van der Waals surface area contributed by atoms with E-state index < -0.39 is 0 Å². The van der Waals surface area contributed by atoms with E-state index in [0.717, 1.165) is 5.02 Å². The van der Waals surface area contributed by atoms with E-state index >= 15 is 0 Å². The summed E-state index contributed by atoms with van der Waals surface area (Å²) in [4.78, 5) is 0. The van der Waals surface area contributed by atoms with E-state index in [-0.39, 0.29) is 0 Å². The summed E-state index contributed by atoms with van der Waals surface area (Å²) in [5, 5.41) is 0.895. The Morgan fingerprint density at radius 1 is 1.00 bits per heavy atom. The minimum atomic E-state index is 0.553. The summed E-state index contributed by atoms with van der Waals surface area (Å²) in [5.41, 5.74) is 5.30. The normalized spacial score (nSPS) is 11.0. The summed E-state index contributed by atoms with van der Waals surface area (Å²) in [6.45, 7) is 10.8. The average molecular weight is 197 g/mol. The average Bonchev–Trinajstić information content (AvgIpc) is 2.07. The summed E-state index contributed by atoms with van der Waals surface area (Å²) in [7, 11) is 0. The van der Waals surface area contributed by atoms with Crippen LogP contribution in [-0.4, -0.2) is 0 Å². The smallest absolute Gasteiger partial charge is 0.0440 e. The van der Waals surface area contributed by atoms with Crippen molar-refractivity contribution in [2.45, 2.75) is 40.5 Å². The molecule has 0 unspecified atom stereocenters. The lowest BCUT2D eigenvalue weighted by atomic mass is 9.92. The van der Waals surface area contributed by atoms with E-state index in [1.165, 1.54) is 22.3 Å². The van der Waals surface area contributed by atoms with Crippen molar-refractivity contribution in [3.63, 3.8) is 0 Å². The summed E-state index contributed by atoms with van der Waals surface area (Å²) in [6, 6.07) is 2.10. The Labute approximate surface area is 85.9 Å². The molecule has 0 N–H and O–H groups in total. The molecule has 0 bridgehead atoms. The maximum Gasteiger partial charge on any atom is 0.0440 e. The highest BCUT2D eigenvalue weighted by molar-refractivity contribution is 6.31. The third-order valence-corrected chi connectivity index (χ3v) is 3.21. The van der Waals surface area contributed by atoms with Crippen LogP contribution in [0.3, 0.4) is 0 Å². The lowest BCUT2D eigenvalue weighted by molar-refractivity contribution is 0.852. The van der Waals surface area contributed by atoms with Crippen molar-refractivity contribution in [1.29, 1.82) is 0 Å². The van der Waals surface area contributed by atoms with Crippen molar-refractivity contribution >= 4 is 11.6 Å². The van der Waals surface area contributed by atoms with Crippen molar-refractivity contribution in [3.05, 3.63) is 33.3 Å². The van der Waals surface area contributed by atoms with Gasteiger partial charge in [-0.2, -0.15) is 0 Å². The van der Waals surface area contributed by atoms with E-state index in [2.05, 4.69) is 40.7 Å². The molecule has 0 aliphatic heterocycles. The molecule has 1 heteroatoms. The lowest BCUT2D eigenvalue weighted by Crippen LogP contribution is -1.97. The maximum absolute atomic E-state index is 6.14. The molecule has 72 valence electrons. The molecule has 0 radical (unpaired) electrons. The topological polar surface area (TPSA) is 0 Å².